The van der Waals surface area contributed by atoms with E-state index < -0.39 is 23.0 Å². The van der Waals surface area contributed by atoms with Crippen LogP contribution >= 0.6 is 12.2 Å². The third kappa shape index (κ3) is 2.89. The van der Waals surface area contributed by atoms with E-state index in [4.69, 9.17) is 18.0 Å². The van der Waals surface area contributed by atoms with Gasteiger partial charge in [0.1, 0.15) is 0 Å². The van der Waals surface area contributed by atoms with E-state index in [1.54, 1.807) is 13.8 Å². The van der Waals surface area contributed by atoms with Crippen molar-refractivity contribution in [3.63, 3.8) is 0 Å². The zero-order chi connectivity index (χ0) is 14.6. The van der Waals surface area contributed by atoms with E-state index in [1.807, 2.05) is 0 Å². The van der Waals surface area contributed by atoms with Crippen LogP contribution < -0.4 is 11.1 Å². The van der Waals surface area contributed by atoms with Crippen molar-refractivity contribution in [1.82, 2.24) is 0 Å². The maximum absolute atomic E-state index is 13.5. The highest BCUT2D eigenvalue weighted by Gasteiger charge is 2.38. The van der Waals surface area contributed by atoms with Crippen LogP contribution in [-0.4, -0.2) is 10.9 Å². The lowest BCUT2D eigenvalue weighted by Gasteiger charge is -2.28. The first-order valence-corrected chi connectivity index (χ1v) is 6.35. The van der Waals surface area contributed by atoms with E-state index in [1.165, 1.54) is 12.1 Å². The summed E-state index contributed by atoms with van der Waals surface area (Å²) in [7, 11) is 0. The highest BCUT2D eigenvalue weighted by Crippen LogP contribution is 2.29. The number of nitrogens with two attached hydrogens (primary N) is 1. The van der Waals surface area contributed by atoms with Gasteiger partial charge in [0.2, 0.25) is 5.91 Å². The summed E-state index contributed by atoms with van der Waals surface area (Å²) in [6.07, 6.45) is 0.781. The Morgan fingerprint density at radius 1 is 1.37 bits per heavy atom. The standard InChI is InChI=1S/C13H16F2N2OS/c1-3-13(4-2,11(16)19)12(18)17-9-7-5-6-8(14)10(9)15/h5-7H,3-4H2,1-2H3,(H2,16,19)(H,17,18). The Bertz CT molecular complexity index is 501. The molecule has 1 rings (SSSR count). The van der Waals surface area contributed by atoms with Crippen molar-refractivity contribution in [1.29, 1.82) is 0 Å². The molecule has 1 aromatic rings. The number of nitrogens with one attached hydrogen (secondary N) is 1. The molecule has 3 nitrogen and oxygen atoms in total. The minimum Gasteiger partial charge on any atom is -0.392 e. The number of amides is 1. The highest BCUT2D eigenvalue weighted by molar-refractivity contribution is 7.80. The van der Waals surface area contributed by atoms with Crippen molar-refractivity contribution in [2.45, 2.75) is 26.7 Å². The van der Waals surface area contributed by atoms with Crippen molar-refractivity contribution in [2.75, 3.05) is 5.32 Å². The van der Waals surface area contributed by atoms with Crippen LogP contribution in [0.4, 0.5) is 14.5 Å². The molecule has 0 aliphatic rings. The summed E-state index contributed by atoms with van der Waals surface area (Å²) in [4.78, 5) is 12.3. The summed E-state index contributed by atoms with van der Waals surface area (Å²) < 4.78 is 26.6. The van der Waals surface area contributed by atoms with Crippen LogP contribution in [0.15, 0.2) is 18.2 Å². The zero-order valence-corrected chi connectivity index (χ0v) is 11.6. The number of hydrogen-bond donors (Lipinski definition) is 2. The summed E-state index contributed by atoms with van der Waals surface area (Å²) in [5.41, 5.74) is 4.36. The number of carbonyl (C=O) groups excluding carboxylic acids is 1. The van der Waals surface area contributed by atoms with Crippen molar-refractivity contribution >= 4 is 28.8 Å². The molecular weight excluding hydrogens is 270 g/mol. The minimum atomic E-state index is -1.10. The van der Waals surface area contributed by atoms with Gasteiger partial charge in [-0.25, -0.2) is 8.78 Å². The molecular formula is C13H16F2N2OS. The summed E-state index contributed by atoms with van der Waals surface area (Å²) in [6.45, 7) is 3.54. The third-order valence-electron chi connectivity index (χ3n) is 3.31. The van der Waals surface area contributed by atoms with Crippen molar-refractivity contribution in [2.24, 2.45) is 11.1 Å². The Hall–Kier alpha value is -1.56. The minimum absolute atomic E-state index is 0.0480. The first-order chi connectivity index (χ1) is 8.89. The lowest BCUT2D eigenvalue weighted by molar-refractivity contribution is -0.122. The molecule has 1 amide bonds. The zero-order valence-electron chi connectivity index (χ0n) is 10.8. The molecule has 19 heavy (non-hydrogen) atoms. The Morgan fingerprint density at radius 3 is 2.42 bits per heavy atom. The molecule has 6 heteroatoms. The molecule has 0 heterocycles. The second-order valence-corrected chi connectivity index (χ2v) is 4.65. The van der Waals surface area contributed by atoms with Crippen LogP contribution in [-0.2, 0) is 4.79 Å². The quantitative estimate of drug-likeness (QED) is 0.818. The molecule has 0 unspecified atom stereocenters. The van der Waals surface area contributed by atoms with Gasteiger partial charge in [0, 0.05) is 0 Å². The van der Waals surface area contributed by atoms with Gasteiger partial charge in [0.25, 0.3) is 0 Å². The smallest absolute Gasteiger partial charge is 0.237 e. The van der Waals surface area contributed by atoms with Crippen LogP contribution in [0.1, 0.15) is 26.7 Å². The van der Waals surface area contributed by atoms with Gasteiger partial charge in [-0.05, 0) is 25.0 Å². The number of hydrogen-bond acceptors (Lipinski definition) is 2. The summed E-state index contributed by atoms with van der Waals surface area (Å²) in [5, 5.41) is 2.35. The van der Waals surface area contributed by atoms with Gasteiger partial charge in [0.05, 0.1) is 16.1 Å². The summed E-state index contributed by atoms with van der Waals surface area (Å²) >= 11 is 4.93. The molecule has 0 aliphatic carbocycles. The molecule has 0 spiro atoms. The third-order valence-corrected chi connectivity index (χ3v) is 3.70. The molecule has 0 saturated carbocycles. The second-order valence-electron chi connectivity index (χ2n) is 4.21. The number of thiocarbonyl (C=S) groups is 1. The van der Waals surface area contributed by atoms with E-state index in [0.29, 0.717) is 12.8 Å². The van der Waals surface area contributed by atoms with Gasteiger partial charge in [-0.2, -0.15) is 0 Å². The average Bonchev–Trinajstić information content (AvgIpc) is 2.36. The van der Waals surface area contributed by atoms with E-state index in [-0.39, 0.29) is 10.7 Å². The van der Waals surface area contributed by atoms with Crippen LogP contribution in [0.2, 0.25) is 0 Å². The molecule has 0 atom stereocenters. The molecule has 0 saturated heterocycles. The normalized spacial score (nSPS) is 11.2. The van der Waals surface area contributed by atoms with Gasteiger partial charge in [-0.15, -0.1) is 0 Å². The maximum Gasteiger partial charge on any atom is 0.237 e. The Balaban J connectivity index is 3.07. The number of carbonyl (C=O) groups is 1. The topological polar surface area (TPSA) is 55.1 Å². The number of rotatable bonds is 5. The number of halogens is 2. The van der Waals surface area contributed by atoms with E-state index in [0.717, 1.165) is 6.07 Å². The van der Waals surface area contributed by atoms with Crippen molar-refractivity contribution in [3.8, 4) is 0 Å². The van der Waals surface area contributed by atoms with E-state index in [9.17, 15) is 13.6 Å². The predicted molar refractivity (Wildman–Crippen MR) is 74.8 cm³/mol. The fourth-order valence-corrected chi connectivity index (χ4v) is 2.26. The first kappa shape index (κ1) is 15.5. The molecule has 0 radical (unpaired) electrons. The fraction of sp³-hybridized carbons (Fsp3) is 0.385. The molecule has 1 aromatic carbocycles. The molecule has 0 fully saturated rings. The number of anilines is 1. The monoisotopic (exact) mass is 286 g/mol. The van der Waals surface area contributed by atoms with Gasteiger partial charge in [0.15, 0.2) is 11.6 Å². The predicted octanol–water partition coefficient (Wildman–Crippen LogP) is 3.00. The Morgan fingerprint density at radius 2 is 1.95 bits per heavy atom. The van der Waals surface area contributed by atoms with Gasteiger partial charge < -0.3 is 11.1 Å². The molecule has 0 aliphatic heterocycles. The van der Waals surface area contributed by atoms with Crippen molar-refractivity contribution in [3.05, 3.63) is 29.8 Å². The summed E-state index contributed by atoms with van der Waals surface area (Å²) in [6, 6.07) is 3.58. The first-order valence-electron chi connectivity index (χ1n) is 5.94. The van der Waals surface area contributed by atoms with Crippen LogP contribution in [0.3, 0.4) is 0 Å². The summed E-state index contributed by atoms with van der Waals surface area (Å²) in [5.74, 6) is -2.64. The molecule has 0 bridgehead atoms. The van der Waals surface area contributed by atoms with E-state index >= 15 is 0 Å². The van der Waals surface area contributed by atoms with Crippen molar-refractivity contribution < 1.29 is 13.6 Å². The lowest BCUT2D eigenvalue weighted by atomic mass is 9.81. The average molecular weight is 286 g/mol. The molecule has 104 valence electrons. The number of benzene rings is 1. The Kier molecular flexibility index (Phi) is 4.94. The second kappa shape index (κ2) is 6.06. The molecule has 0 aromatic heterocycles. The fourth-order valence-electron chi connectivity index (χ4n) is 1.87. The van der Waals surface area contributed by atoms with Gasteiger partial charge in [-0.1, -0.05) is 32.1 Å². The van der Waals surface area contributed by atoms with E-state index in [2.05, 4.69) is 5.32 Å². The van der Waals surface area contributed by atoms with Crippen LogP contribution in [0.5, 0.6) is 0 Å². The van der Waals surface area contributed by atoms with Gasteiger partial charge >= 0.3 is 0 Å². The van der Waals surface area contributed by atoms with Crippen LogP contribution in [0, 0.1) is 17.0 Å². The van der Waals surface area contributed by atoms with Crippen LogP contribution in [0.25, 0.3) is 0 Å². The maximum atomic E-state index is 13.5. The Labute approximate surface area is 116 Å². The largest absolute Gasteiger partial charge is 0.392 e. The molecule has 3 N–H and O–H groups in total. The lowest BCUT2D eigenvalue weighted by Crippen LogP contribution is -2.45. The highest BCUT2D eigenvalue weighted by atomic mass is 32.1. The van der Waals surface area contributed by atoms with Gasteiger partial charge in [-0.3, -0.25) is 4.79 Å². The SMILES string of the molecule is CCC(CC)(C(=O)Nc1cccc(F)c1F)C(N)=S.